The maximum Gasteiger partial charge on any atom is 0.211 e. The summed E-state index contributed by atoms with van der Waals surface area (Å²) in [5, 5.41) is 7.73. The highest BCUT2D eigenvalue weighted by molar-refractivity contribution is 6.17. The number of H-pyrrole nitrogens is 1. The zero-order valence-electron chi connectivity index (χ0n) is 13.2. The summed E-state index contributed by atoms with van der Waals surface area (Å²) < 4.78 is 0. The lowest BCUT2D eigenvalue weighted by molar-refractivity contribution is -0.362. The highest BCUT2D eigenvalue weighted by Crippen LogP contribution is 2.31. The number of hydrogen-bond acceptors (Lipinski definition) is 0. The van der Waals surface area contributed by atoms with Gasteiger partial charge in [-0.1, -0.05) is 60.7 Å². The van der Waals surface area contributed by atoms with Gasteiger partial charge in [0.05, 0.1) is 0 Å². The van der Waals surface area contributed by atoms with Gasteiger partial charge in [-0.25, -0.2) is 4.98 Å². The standard InChI is InChI=1S/C23H15N/c1-2-7-17(8-3-1)23-14-22-18(15-24-23)11-13-20-19-9-5-4-6-16(19)10-12-21(20)22/h1-15H/p+1. The van der Waals surface area contributed by atoms with Crippen LogP contribution in [0.2, 0.25) is 0 Å². The van der Waals surface area contributed by atoms with Gasteiger partial charge in [-0.15, -0.1) is 0 Å². The summed E-state index contributed by atoms with van der Waals surface area (Å²) in [5.74, 6) is 0. The Kier molecular flexibility index (Phi) is 2.86. The molecule has 1 heterocycles. The summed E-state index contributed by atoms with van der Waals surface area (Å²) >= 11 is 0. The van der Waals surface area contributed by atoms with E-state index in [9.17, 15) is 0 Å². The van der Waals surface area contributed by atoms with E-state index in [0.29, 0.717) is 0 Å². The minimum Gasteiger partial charge on any atom is -0.210 e. The Morgan fingerprint density at radius 2 is 1.21 bits per heavy atom. The molecule has 0 aliphatic heterocycles. The van der Waals surface area contributed by atoms with Crippen LogP contribution in [-0.4, -0.2) is 0 Å². The molecule has 0 aliphatic rings. The predicted molar refractivity (Wildman–Crippen MR) is 101 cm³/mol. The smallest absolute Gasteiger partial charge is 0.210 e. The average molecular weight is 306 g/mol. The van der Waals surface area contributed by atoms with Crippen molar-refractivity contribution in [3.63, 3.8) is 0 Å². The molecule has 0 spiro atoms. The van der Waals surface area contributed by atoms with Crippen LogP contribution in [0, 0.1) is 0 Å². The third-order valence-electron chi connectivity index (χ3n) is 4.76. The lowest BCUT2D eigenvalue weighted by Gasteiger charge is -2.07. The lowest BCUT2D eigenvalue weighted by atomic mass is 9.97. The maximum absolute atomic E-state index is 3.43. The first-order valence-corrected chi connectivity index (χ1v) is 8.21. The fourth-order valence-corrected chi connectivity index (χ4v) is 3.54. The molecular formula is C23H16N+. The van der Waals surface area contributed by atoms with Crippen molar-refractivity contribution in [2.24, 2.45) is 0 Å². The van der Waals surface area contributed by atoms with Gasteiger partial charge in [-0.2, -0.15) is 0 Å². The lowest BCUT2D eigenvalue weighted by Crippen LogP contribution is -2.05. The van der Waals surface area contributed by atoms with Gasteiger partial charge >= 0.3 is 0 Å². The van der Waals surface area contributed by atoms with Crippen LogP contribution in [0.3, 0.4) is 0 Å². The molecule has 4 aromatic carbocycles. The first-order chi connectivity index (χ1) is 11.9. The van der Waals surface area contributed by atoms with Gasteiger partial charge in [-0.05, 0) is 39.7 Å². The fourth-order valence-electron chi connectivity index (χ4n) is 3.54. The molecule has 0 aliphatic carbocycles. The number of aromatic amines is 1. The van der Waals surface area contributed by atoms with E-state index in [2.05, 4.69) is 90.0 Å². The zero-order chi connectivity index (χ0) is 15.9. The van der Waals surface area contributed by atoms with Gasteiger partial charge in [-0.3, -0.25) is 0 Å². The van der Waals surface area contributed by atoms with Crippen molar-refractivity contribution in [3.05, 3.63) is 91.1 Å². The second kappa shape index (κ2) is 5.17. The predicted octanol–water partition coefficient (Wildman–Crippen LogP) is 5.63. The van der Waals surface area contributed by atoms with Gasteiger partial charge in [0, 0.05) is 22.4 Å². The van der Waals surface area contributed by atoms with Crippen LogP contribution in [0.4, 0.5) is 0 Å². The summed E-state index contributed by atoms with van der Waals surface area (Å²) in [4.78, 5) is 3.43. The van der Waals surface area contributed by atoms with E-state index in [0.717, 1.165) is 5.69 Å². The molecule has 5 aromatic rings. The molecule has 0 fully saturated rings. The molecular weight excluding hydrogens is 290 g/mol. The Morgan fingerprint density at radius 3 is 2.08 bits per heavy atom. The summed E-state index contributed by atoms with van der Waals surface area (Å²) in [6.07, 6.45) is 2.10. The van der Waals surface area contributed by atoms with E-state index in [1.165, 1.54) is 37.9 Å². The van der Waals surface area contributed by atoms with Crippen LogP contribution in [0.1, 0.15) is 0 Å². The Hall–Kier alpha value is -3.19. The minimum atomic E-state index is 1.14. The number of fused-ring (bicyclic) bond motifs is 5. The van der Waals surface area contributed by atoms with Gasteiger partial charge < -0.3 is 0 Å². The van der Waals surface area contributed by atoms with E-state index >= 15 is 0 Å². The van der Waals surface area contributed by atoms with E-state index in [-0.39, 0.29) is 0 Å². The molecule has 5 rings (SSSR count). The molecule has 0 atom stereocenters. The van der Waals surface area contributed by atoms with Crippen molar-refractivity contribution in [1.29, 1.82) is 0 Å². The normalized spacial score (nSPS) is 11.3. The van der Waals surface area contributed by atoms with E-state index in [1.54, 1.807) is 0 Å². The Morgan fingerprint density at radius 1 is 0.500 bits per heavy atom. The summed E-state index contributed by atoms with van der Waals surface area (Å²) in [5.41, 5.74) is 2.35. The highest BCUT2D eigenvalue weighted by atomic mass is 14.7. The average Bonchev–Trinajstić information content (AvgIpc) is 2.67. The molecule has 0 saturated carbocycles. The highest BCUT2D eigenvalue weighted by Gasteiger charge is 2.10. The Labute approximate surface area is 140 Å². The number of rotatable bonds is 1. The molecule has 0 saturated heterocycles. The Balaban J connectivity index is 1.87. The van der Waals surface area contributed by atoms with Crippen molar-refractivity contribution in [3.8, 4) is 11.3 Å². The molecule has 1 aromatic heterocycles. The molecule has 0 unspecified atom stereocenters. The van der Waals surface area contributed by atoms with E-state index < -0.39 is 0 Å². The molecule has 1 heteroatoms. The topological polar surface area (TPSA) is 14.1 Å². The summed E-state index contributed by atoms with van der Waals surface area (Å²) in [7, 11) is 0. The molecule has 0 bridgehead atoms. The number of hydrogen-bond donors (Lipinski definition) is 0. The van der Waals surface area contributed by atoms with Crippen LogP contribution in [0.5, 0.6) is 0 Å². The largest absolute Gasteiger partial charge is 0.211 e. The molecule has 112 valence electrons. The fraction of sp³-hybridized carbons (Fsp3) is 0. The number of pyridine rings is 1. The first kappa shape index (κ1) is 13.3. The van der Waals surface area contributed by atoms with Crippen molar-refractivity contribution >= 4 is 32.3 Å². The van der Waals surface area contributed by atoms with Crippen LogP contribution < -0.4 is 4.98 Å². The molecule has 1 nitrogen and oxygen atoms in total. The summed E-state index contributed by atoms with van der Waals surface area (Å²) in [6.45, 7) is 0. The van der Waals surface area contributed by atoms with E-state index in [4.69, 9.17) is 0 Å². The quantitative estimate of drug-likeness (QED) is 0.356. The SMILES string of the molecule is c1ccc(-c2cc3c(ccc4c5ccccc5ccc34)c[nH+]2)cc1. The number of aromatic nitrogens is 1. The van der Waals surface area contributed by atoms with Crippen molar-refractivity contribution in [2.75, 3.05) is 0 Å². The molecule has 0 radical (unpaired) electrons. The third-order valence-corrected chi connectivity index (χ3v) is 4.76. The van der Waals surface area contributed by atoms with Gasteiger partial charge in [0.25, 0.3) is 0 Å². The van der Waals surface area contributed by atoms with E-state index in [1.807, 2.05) is 6.07 Å². The van der Waals surface area contributed by atoms with Crippen LogP contribution in [-0.2, 0) is 0 Å². The van der Waals surface area contributed by atoms with Crippen molar-refractivity contribution in [2.45, 2.75) is 0 Å². The molecule has 0 amide bonds. The first-order valence-electron chi connectivity index (χ1n) is 8.21. The number of benzene rings is 4. The second-order valence-corrected chi connectivity index (χ2v) is 6.16. The minimum absolute atomic E-state index is 1.14. The van der Waals surface area contributed by atoms with Gasteiger partial charge in [0.15, 0.2) is 6.20 Å². The van der Waals surface area contributed by atoms with Crippen molar-refractivity contribution < 1.29 is 4.98 Å². The Bertz CT molecular complexity index is 1190. The van der Waals surface area contributed by atoms with Crippen LogP contribution in [0.25, 0.3) is 43.6 Å². The maximum atomic E-state index is 3.43. The molecule has 24 heavy (non-hydrogen) atoms. The third kappa shape index (κ3) is 1.99. The monoisotopic (exact) mass is 306 g/mol. The molecule has 1 N–H and O–H groups in total. The summed E-state index contributed by atoms with van der Waals surface area (Å²) in [6, 6.07) is 30.2. The number of nitrogens with one attached hydrogen (secondary N) is 1. The van der Waals surface area contributed by atoms with Crippen LogP contribution >= 0.6 is 0 Å². The van der Waals surface area contributed by atoms with Gasteiger partial charge in [0.2, 0.25) is 5.69 Å². The van der Waals surface area contributed by atoms with Crippen LogP contribution in [0.15, 0.2) is 91.1 Å². The second-order valence-electron chi connectivity index (χ2n) is 6.16. The van der Waals surface area contributed by atoms with Gasteiger partial charge in [0.1, 0.15) is 0 Å². The van der Waals surface area contributed by atoms with Crippen molar-refractivity contribution in [1.82, 2.24) is 0 Å². The zero-order valence-corrected chi connectivity index (χ0v) is 13.2.